The van der Waals surface area contributed by atoms with E-state index < -0.39 is 0 Å². The molecule has 0 unspecified atom stereocenters. The van der Waals surface area contributed by atoms with Gasteiger partial charge in [-0.1, -0.05) is 12.8 Å². The van der Waals surface area contributed by atoms with E-state index in [1.807, 2.05) is 12.1 Å². The summed E-state index contributed by atoms with van der Waals surface area (Å²) < 4.78 is 6.44. The molecule has 2 rings (SSSR count). The minimum absolute atomic E-state index is 0.0661. The van der Waals surface area contributed by atoms with Crippen LogP contribution in [0.3, 0.4) is 0 Å². The number of halogens is 1. The molecule has 0 N–H and O–H groups in total. The number of ketones is 1. The Labute approximate surface area is 104 Å². The summed E-state index contributed by atoms with van der Waals surface area (Å²) in [4.78, 5) is 11.2. The molecule has 86 valence electrons. The molecule has 0 atom stereocenters. The molecule has 1 aromatic carbocycles. The summed E-state index contributed by atoms with van der Waals surface area (Å²) in [5, 5.41) is 0. The van der Waals surface area contributed by atoms with Gasteiger partial charge in [0.1, 0.15) is 5.75 Å². The smallest absolute Gasteiger partial charge is 0.160 e. The number of Topliss-reactive ketones (excluding diaryl/α,β-unsaturated/α-hetero) is 1. The molecule has 0 spiro atoms. The zero-order chi connectivity index (χ0) is 11.5. The average molecular weight is 283 g/mol. The van der Waals surface area contributed by atoms with Gasteiger partial charge in [-0.2, -0.15) is 0 Å². The van der Waals surface area contributed by atoms with Crippen LogP contribution < -0.4 is 4.74 Å². The molecule has 1 saturated carbocycles. The second-order valence-corrected chi connectivity index (χ2v) is 5.13. The number of rotatable bonds is 5. The Bertz CT molecular complexity index is 397. The molecule has 0 radical (unpaired) electrons. The summed E-state index contributed by atoms with van der Waals surface area (Å²) in [6.07, 6.45) is 3.86. The molecule has 0 heterocycles. The molecule has 1 fully saturated rings. The SMILES string of the molecule is CC(=O)c1ccc(OCCC2CC2)cc1Br. The van der Waals surface area contributed by atoms with Crippen molar-refractivity contribution in [1.82, 2.24) is 0 Å². The van der Waals surface area contributed by atoms with Crippen LogP contribution in [0.5, 0.6) is 5.75 Å². The van der Waals surface area contributed by atoms with E-state index in [0.717, 1.165) is 29.2 Å². The van der Waals surface area contributed by atoms with E-state index in [1.165, 1.54) is 12.8 Å². The Morgan fingerprint density at radius 2 is 2.25 bits per heavy atom. The van der Waals surface area contributed by atoms with E-state index in [0.29, 0.717) is 5.56 Å². The number of hydrogen-bond acceptors (Lipinski definition) is 2. The average Bonchev–Trinajstić information content (AvgIpc) is 3.01. The van der Waals surface area contributed by atoms with E-state index in [9.17, 15) is 4.79 Å². The fraction of sp³-hybridized carbons (Fsp3) is 0.462. The van der Waals surface area contributed by atoms with Crippen LogP contribution in [0.2, 0.25) is 0 Å². The van der Waals surface area contributed by atoms with Gasteiger partial charge in [0.15, 0.2) is 5.78 Å². The first-order valence-corrected chi connectivity index (χ1v) is 6.39. The van der Waals surface area contributed by atoms with Crippen molar-refractivity contribution < 1.29 is 9.53 Å². The lowest BCUT2D eigenvalue weighted by Gasteiger charge is -2.07. The molecular formula is C13H15BrO2. The van der Waals surface area contributed by atoms with Gasteiger partial charge in [0, 0.05) is 10.0 Å². The van der Waals surface area contributed by atoms with E-state index >= 15 is 0 Å². The number of carbonyl (C=O) groups is 1. The van der Waals surface area contributed by atoms with Crippen molar-refractivity contribution in [2.24, 2.45) is 5.92 Å². The molecule has 2 nitrogen and oxygen atoms in total. The minimum atomic E-state index is 0.0661. The van der Waals surface area contributed by atoms with Crippen LogP contribution in [-0.4, -0.2) is 12.4 Å². The van der Waals surface area contributed by atoms with Gasteiger partial charge in [-0.3, -0.25) is 4.79 Å². The highest BCUT2D eigenvalue weighted by atomic mass is 79.9. The lowest BCUT2D eigenvalue weighted by molar-refractivity contribution is 0.101. The maximum atomic E-state index is 11.2. The Kier molecular flexibility index (Phi) is 3.64. The van der Waals surface area contributed by atoms with Crippen LogP contribution in [0.25, 0.3) is 0 Å². The predicted molar refractivity (Wildman–Crippen MR) is 67.0 cm³/mol. The molecule has 0 aliphatic heterocycles. The molecule has 0 aromatic heterocycles. The van der Waals surface area contributed by atoms with Gasteiger partial charge in [0.2, 0.25) is 0 Å². The minimum Gasteiger partial charge on any atom is -0.494 e. The van der Waals surface area contributed by atoms with Crippen molar-refractivity contribution in [2.45, 2.75) is 26.2 Å². The third-order valence-electron chi connectivity index (χ3n) is 2.81. The Hall–Kier alpha value is -0.830. The molecule has 3 heteroatoms. The standard InChI is InChI=1S/C13H15BrO2/c1-9(15)12-5-4-11(8-13(12)14)16-7-6-10-2-3-10/h4-5,8,10H,2-3,6-7H2,1H3. The van der Waals surface area contributed by atoms with Crippen molar-refractivity contribution in [3.63, 3.8) is 0 Å². The summed E-state index contributed by atoms with van der Waals surface area (Å²) in [6, 6.07) is 5.52. The van der Waals surface area contributed by atoms with E-state index in [-0.39, 0.29) is 5.78 Å². The zero-order valence-corrected chi connectivity index (χ0v) is 10.9. The monoisotopic (exact) mass is 282 g/mol. The van der Waals surface area contributed by atoms with Crippen molar-refractivity contribution in [2.75, 3.05) is 6.61 Å². The normalized spacial score (nSPS) is 14.9. The van der Waals surface area contributed by atoms with E-state index in [2.05, 4.69) is 15.9 Å². The Morgan fingerprint density at radius 1 is 1.50 bits per heavy atom. The summed E-state index contributed by atoms with van der Waals surface area (Å²) in [5.74, 6) is 1.79. The Morgan fingerprint density at radius 3 is 2.81 bits per heavy atom. The van der Waals surface area contributed by atoms with Gasteiger partial charge in [-0.15, -0.1) is 0 Å². The summed E-state index contributed by atoms with van der Waals surface area (Å²) in [5.41, 5.74) is 0.703. The fourth-order valence-corrected chi connectivity index (χ4v) is 2.26. The van der Waals surface area contributed by atoms with Crippen molar-refractivity contribution in [3.05, 3.63) is 28.2 Å². The largest absolute Gasteiger partial charge is 0.494 e. The van der Waals surface area contributed by atoms with Gasteiger partial charge in [-0.05, 0) is 53.4 Å². The van der Waals surface area contributed by atoms with Gasteiger partial charge >= 0.3 is 0 Å². The molecule has 0 amide bonds. The molecule has 16 heavy (non-hydrogen) atoms. The first kappa shape index (κ1) is 11.6. The fourth-order valence-electron chi connectivity index (χ4n) is 1.62. The second kappa shape index (κ2) is 5.00. The van der Waals surface area contributed by atoms with Crippen LogP contribution >= 0.6 is 15.9 Å². The lowest BCUT2D eigenvalue weighted by Crippen LogP contribution is -1.99. The highest BCUT2D eigenvalue weighted by Crippen LogP contribution is 2.32. The molecule has 0 bridgehead atoms. The number of benzene rings is 1. The predicted octanol–water partition coefficient (Wildman–Crippen LogP) is 3.83. The van der Waals surface area contributed by atoms with Crippen LogP contribution in [-0.2, 0) is 0 Å². The molecular weight excluding hydrogens is 268 g/mol. The molecule has 1 aliphatic rings. The van der Waals surface area contributed by atoms with Crippen LogP contribution in [0, 0.1) is 5.92 Å². The van der Waals surface area contributed by atoms with Gasteiger partial charge in [0.05, 0.1) is 6.61 Å². The van der Waals surface area contributed by atoms with Crippen molar-refractivity contribution in [1.29, 1.82) is 0 Å². The molecule has 0 saturated heterocycles. The molecule has 1 aliphatic carbocycles. The number of ether oxygens (including phenoxy) is 1. The van der Waals surface area contributed by atoms with E-state index in [4.69, 9.17) is 4.74 Å². The Balaban J connectivity index is 1.93. The summed E-state index contributed by atoms with van der Waals surface area (Å²) in [6.45, 7) is 2.34. The van der Waals surface area contributed by atoms with Gasteiger partial charge in [-0.25, -0.2) is 0 Å². The number of carbonyl (C=O) groups excluding carboxylic acids is 1. The maximum Gasteiger partial charge on any atom is 0.160 e. The summed E-state index contributed by atoms with van der Waals surface area (Å²) >= 11 is 3.38. The second-order valence-electron chi connectivity index (χ2n) is 4.28. The quantitative estimate of drug-likeness (QED) is 0.768. The van der Waals surface area contributed by atoms with Crippen molar-refractivity contribution in [3.8, 4) is 5.75 Å². The maximum absolute atomic E-state index is 11.2. The zero-order valence-electron chi connectivity index (χ0n) is 9.33. The molecule has 1 aromatic rings. The van der Waals surface area contributed by atoms with Crippen molar-refractivity contribution >= 4 is 21.7 Å². The van der Waals surface area contributed by atoms with Crippen LogP contribution in [0.1, 0.15) is 36.5 Å². The third-order valence-corrected chi connectivity index (χ3v) is 3.47. The van der Waals surface area contributed by atoms with Gasteiger partial charge < -0.3 is 4.74 Å². The van der Waals surface area contributed by atoms with Gasteiger partial charge in [0.25, 0.3) is 0 Å². The highest BCUT2D eigenvalue weighted by Gasteiger charge is 2.20. The first-order chi connectivity index (χ1) is 7.66. The topological polar surface area (TPSA) is 26.3 Å². The van der Waals surface area contributed by atoms with Crippen LogP contribution in [0.4, 0.5) is 0 Å². The van der Waals surface area contributed by atoms with E-state index in [1.54, 1.807) is 13.0 Å². The first-order valence-electron chi connectivity index (χ1n) is 5.60. The highest BCUT2D eigenvalue weighted by molar-refractivity contribution is 9.10. The third kappa shape index (κ3) is 3.08. The lowest BCUT2D eigenvalue weighted by atomic mass is 10.1. The number of hydrogen-bond donors (Lipinski definition) is 0. The van der Waals surface area contributed by atoms with Crippen LogP contribution in [0.15, 0.2) is 22.7 Å². The summed E-state index contributed by atoms with van der Waals surface area (Å²) in [7, 11) is 0.